The Morgan fingerprint density at radius 3 is 2.95 bits per heavy atom. The van der Waals surface area contributed by atoms with Crippen LogP contribution in [0, 0.1) is 0 Å². The normalized spacial score (nSPS) is 25.6. The van der Waals surface area contributed by atoms with Gasteiger partial charge in [0.1, 0.15) is 5.82 Å². The number of fused-ring (bicyclic) bond motifs is 1. The molecule has 1 aromatic heterocycles. The van der Waals surface area contributed by atoms with Gasteiger partial charge in [0.25, 0.3) is 0 Å². The predicted molar refractivity (Wildman–Crippen MR) is 78.7 cm³/mol. The molecule has 1 fully saturated rings. The minimum atomic E-state index is -0.863. The van der Waals surface area contributed by atoms with Crippen LogP contribution in [0.15, 0.2) is 12.1 Å². The van der Waals surface area contributed by atoms with Crippen LogP contribution < -0.4 is 4.90 Å². The topological polar surface area (TPSA) is 65.9 Å². The molecule has 6 nitrogen and oxygen atoms in total. The van der Waals surface area contributed by atoms with Crippen LogP contribution in [0.25, 0.3) is 0 Å². The molecule has 0 spiro atoms. The highest BCUT2D eigenvalue weighted by molar-refractivity contribution is 5.65. The van der Waals surface area contributed by atoms with Crippen LogP contribution in [0.3, 0.4) is 0 Å². The predicted octanol–water partition coefficient (Wildman–Crippen LogP) is 1.90. The number of hydrogen-bond donors (Lipinski definition) is 1. The molecule has 2 atom stereocenters. The fourth-order valence-electron chi connectivity index (χ4n) is 3.11. The van der Waals surface area contributed by atoms with Gasteiger partial charge < -0.3 is 19.6 Å². The maximum Gasteiger partial charge on any atom is 0.407 e. The van der Waals surface area contributed by atoms with E-state index >= 15 is 0 Å². The van der Waals surface area contributed by atoms with Crippen LogP contribution in [0.4, 0.5) is 10.6 Å². The van der Waals surface area contributed by atoms with Crippen molar-refractivity contribution in [2.24, 2.45) is 0 Å². The number of hydrogen-bond acceptors (Lipinski definition) is 4. The van der Waals surface area contributed by atoms with Crippen LogP contribution in [-0.4, -0.2) is 53.4 Å². The van der Waals surface area contributed by atoms with Gasteiger partial charge in [0.05, 0.1) is 31.5 Å². The standard InChI is InChI=1S/C15H21N3O3/c1-10-7-17(15(19)20)8-12-3-4-13(16-14(10)12)18-5-6-21-9-11(18)2/h3-4,10-11H,5-9H2,1-2H3,(H,19,20)/t10-,11-/m1/s1. The molecule has 0 radical (unpaired) electrons. The summed E-state index contributed by atoms with van der Waals surface area (Å²) in [5.41, 5.74) is 2.05. The van der Waals surface area contributed by atoms with Gasteiger partial charge >= 0.3 is 6.09 Å². The van der Waals surface area contributed by atoms with E-state index < -0.39 is 6.09 Å². The number of rotatable bonds is 1. The first kappa shape index (κ1) is 14.1. The van der Waals surface area contributed by atoms with Gasteiger partial charge in [0, 0.05) is 19.0 Å². The zero-order valence-corrected chi connectivity index (χ0v) is 12.5. The minimum absolute atomic E-state index is 0.126. The molecule has 1 amide bonds. The summed E-state index contributed by atoms with van der Waals surface area (Å²) in [5, 5.41) is 9.16. The Morgan fingerprint density at radius 2 is 2.24 bits per heavy atom. The molecule has 6 heteroatoms. The van der Waals surface area contributed by atoms with Crippen molar-refractivity contribution in [1.29, 1.82) is 0 Å². The van der Waals surface area contributed by atoms with Gasteiger partial charge in [-0.05, 0) is 18.6 Å². The lowest BCUT2D eigenvalue weighted by atomic mass is 9.96. The molecule has 2 aliphatic heterocycles. The zero-order valence-electron chi connectivity index (χ0n) is 12.5. The molecule has 2 aliphatic rings. The molecule has 0 saturated carbocycles. The highest BCUT2D eigenvalue weighted by Gasteiger charge is 2.28. The summed E-state index contributed by atoms with van der Waals surface area (Å²) >= 11 is 0. The van der Waals surface area contributed by atoms with Crippen molar-refractivity contribution in [1.82, 2.24) is 9.88 Å². The third-order valence-electron chi connectivity index (χ3n) is 4.25. The summed E-state index contributed by atoms with van der Waals surface area (Å²) < 4.78 is 5.47. The van der Waals surface area contributed by atoms with Crippen LogP contribution >= 0.6 is 0 Å². The Kier molecular flexibility index (Phi) is 3.71. The monoisotopic (exact) mass is 291 g/mol. The van der Waals surface area contributed by atoms with Crippen molar-refractivity contribution >= 4 is 11.9 Å². The van der Waals surface area contributed by atoms with E-state index in [1.807, 2.05) is 19.1 Å². The van der Waals surface area contributed by atoms with E-state index in [-0.39, 0.29) is 5.92 Å². The maximum atomic E-state index is 11.2. The summed E-state index contributed by atoms with van der Waals surface area (Å²) in [5.74, 6) is 1.10. The van der Waals surface area contributed by atoms with Crippen molar-refractivity contribution in [2.75, 3.05) is 31.2 Å². The molecule has 0 unspecified atom stereocenters. The van der Waals surface area contributed by atoms with Gasteiger partial charge in [-0.15, -0.1) is 0 Å². The van der Waals surface area contributed by atoms with Crippen molar-refractivity contribution in [2.45, 2.75) is 32.4 Å². The second kappa shape index (κ2) is 5.52. The summed E-state index contributed by atoms with van der Waals surface area (Å²) in [6.07, 6.45) is -0.863. The first-order valence-electron chi connectivity index (χ1n) is 7.38. The average Bonchev–Trinajstić information content (AvgIpc) is 2.47. The number of carboxylic acid groups (broad SMARTS) is 1. The average molecular weight is 291 g/mol. The largest absolute Gasteiger partial charge is 0.465 e. The van der Waals surface area contributed by atoms with E-state index in [1.54, 1.807) is 0 Å². The van der Waals surface area contributed by atoms with Crippen molar-refractivity contribution < 1.29 is 14.6 Å². The number of nitrogens with zero attached hydrogens (tertiary/aromatic N) is 3. The van der Waals surface area contributed by atoms with E-state index in [1.165, 1.54) is 4.90 Å². The molecular weight excluding hydrogens is 270 g/mol. The molecule has 1 N–H and O–H groups in total. The maximum absolute atomic E-state index is 11.2. The molecule has 3 rings (SSSR count). The molecule has 1 aromatic rings. The van der Waals surface area contributed by atoms with Gasteiger partial charge in [-0.25, -0.2) is 9.78 Å². The van der Waals surface area contributed by atoms with E-state index in [0.717, 1.165) is 36.8 Å². The van der Waals surface area contributed by atoms with Crippen molar-refractivity contribution in [3.05, 3.63) is 23.4 Å². The molecule has 0 aliphatic carbocycles. The van der Waals surface area contributed by atoms with Crippen LogP contribution in [-0.2, 0) is 11.3 Å². The quantitative estimate of drug-likeness (QED) is 0.856. The zero-order chi connectivity index (χ0) is 15.0. The number of pyridine rings is 1. The summed E-state index contributed by atoms with van der Waals surface area (Å²) in [6, 6.07) is 4.34. The third kappa shape index (κ3) is 2.68. The van der Waals surface area contributed by atoms with Gasteiger partial charge in [0.2, 0.25) is 0 Å². The SMILES string of the molecule is C[C@@H]1CN(C(=O)O)Cc2ccc(N3CCOC[C@H]3C)nc21. The number of anilines is 1. The second-order valence-electron chi connectivity index (χ2n) is 5.90. The highest BCUT2D eigenvalue weighted by atomic mass is 16.5. The lowest BCUT2D eigenvalue weighted by Crippen LogP contribution is -2.44. The summed E-state index contributed by atoms with van der Waals surface area (Å²) in [6.45, 7) is 7.41. The van der Waals surface area contributed by atoms with E-state index in [0.29, 0.717) is 19.1 Å². The number of carbonyl (C=O) groups is 1. The van der Waals surface area contributed by atoms with E-state index in [2.05, 4.69) is 11.8 Å². The molecule has 3 heterocycles. The fourth-order valence-corrected chi connectivity index (χ4v) is 3.11. The second-order valence-corrected chi connectivity index (χ2v) is 5.90. The lowest BCUT2D eigenvalue weighted by molar-refractivity contribution is 0.0984. The van der Waals surface area contributed by atoms with Crippen molar-refractivity contribution in [3.8, 4) is 0 Å². The first-order valence-corrected chi connectivity index (χ1v) is 7.38. The van der Waals surface area contributed by atoms with Gasteiger partial charge in [-0.2, -0.15) is 0 Å². The highest BCUT2D eigenvalue weighted by Crippen LogP contribution is 2.29. The third-order valence-corrected chi connectivity index (χ3v) is 4.25. The number of morpholine rings is 1. The Bertz CT molecular complexity index is 549. The van der Waals surface area contributed by atoms with Crippen molar-refractivity contribution in [3.63, 3.8) is 0 Å². The van der Waals surface area contributed by atoms with Gasteiger partial charge in [0.15, 0.2) is 0 Å². The Balaban J connectivity index is 1.88. The Hall–Kier alpha value is -1.82. The Morgan fingerprint density at radius 1 is 1.43 bits per heavy atom. The lowest BCUT2D eigenvalue weighted by Gasteiger charge is -2.36. The minimum Gasteiger partial charge on any atom is -0.465 e. The van der Waals surface area contributed by atoms with Gasteiger partial charge in [-0.1, -0.05) is 13.0 Å². The molecule has 0 aromatic carbocycles. The summed E-state index contributed by atoms with van der Waals surface area (Å²) in [4.78, 5) is 19.7. The number of amides is 1. The van der Waals surface area contributed by atoms with E-state index in [9.17, 15) is 4.79 Å². The molecule has 21 heavy (non-hydrogen) atoms. The fraction of sp³-hybridized carbons (Fsp3) is 0.600. The smallest absolute Gasteiger partial charge is 0.407 e. The number of ether oxygens (including phenoxy) is 1. The number of aromatic nitrogens is 1. The Labute approximate surface area is 124 Å². The van der Waals surface area contributed by atoms with Crippen LogP contribution in [0.2, 0.25) is 0 Å². The van der Waals surface area contributed by atoms with E-state index in [4.69, 9.17) is 14.8 Å². The van der Waals surface area contributed by atoms with Crippen LogP contribution in [0.5, 0.6) is 0 Å². The molecule has 0 bridgehead atoms. The van der Waals surface area contributed by atoms with Gasteiger partial charge in [-0.3, -0.25) is 0 Å². The molecule has 1 saturated heterocycles. The summed E-state index contributed by atoms with van der Waals surface area (Å²) in [7, 11) is 0. The first-order chi connectivity index (χ1) is 10.1. The van der Waals surface area contributed by atoms with Crippen LogP contribution in [0.1, 0.15) is 31.0 Å². The molecule has 114 valence electrons. The molecular formula is C15H21N3O3.